The number of sulfonamides is 1. The summed E-state index contributed by atoms with van der Waals surface area (Å²) in [6.07, 6.45) is -0.531. The second-order valence-electron chi connectivity index (χ2n) is 10.9. The van der Waals surface area contributed by atoms with Gasteiger partial charge in [0.2, 0.25) is 5.91 Å². The molecule has 2 heterocycles. The van der Waals surface area contributed by atoms with Crippen molar-refractivity contribution in [1.29, 1.82) is 0 Å². The maximum atomic E-state index is 13.8. The largest absolute Gasteiger partial charge is 0.416 e. The molecule has 0 spiro atoms. The highest BCUT2D eigenvalue weighted by Crippen LogP contribution is 2.36. The lowest BCUT2D eigenvalue weighted by Crippen LogP contribution is -2.44. The molecule has 4 rings (SSSR count). The van der Waals surface area contributed by atoms with Crippen LogP contribution in [0.1, 0.15) is 49.5 Å². The Morgan fingerprint density at radius 3 is 2.46 bits per heavy atom. The zero-order chi connectivity index (χ0) is 28.6. The molecule has 0 saturated carbocycles. The van der Waals surface area contributed by atoms with Crippen LogP contribution in [0.2, 0.25) is 0 Å². The normalized spacial score (nSPS) is 24.7. The minimum Gasteiger partial charge on any atom is -0.354 e. The van der Waals surface area contributed by atoms with Crippen LogP contribution in [0.15, 0.2) is 65.6 Å². The number of anilines is 1. The third-order valence-electron chi connectivity index (χ3n) is 7.11. The number of rotatable bonds is 1. The first-order chi connectivity index (χ1) is 18.2. The van der Waals surface area contributed by atoms with E-state index in [0.717, 1.165) is 22.5 Å². The number of nitrogens with one attached hydrogen (secondary N) is 1. The van der Waals surface area contributed by atoms with Crippen LogP contribution in [0, 0.1) is 11.3 Å². The Balaban J connectivity index is 1.81. The van der Waals surface area contributed by atoms with Gasteiger partial charge in [0.25, 0.3) is 15.9 Å². The minimum absolute atomic E-state index is 0.144. The van der Waals surface area contributed by atoms with E-state index in [1.54, 1.807) is 17.9 Å². The van der Waals surface area contributed by atoms with E-state index in [1.165, 1.54) is 36.4 Å². The molecule has 210 valence electrons. The van der Waals surface area contributed by atoms with Crippen molar-refractivity contribution in [2.45, 2.75) is 50.7 Å². The van der Waals surface area contributed by atoms with E-state index in [0.29, 0.717) is 19.4 Å². The maximum absolute atomic E-state index is 13.8. The van der Waals surface area contributed by atoms with Crippen molar-refractivity contribution in [3.05, 3.63) is 71.8 Å². The van der Waals surface area contributed by atoms with E-state index in [2.05, 4.69) is 5.32 Å². The first-order valence-corrected chi connectivity index (χ1v) is 14.2. The van der Waals surface area contributed by atoms with Crippen LogP contribution in [0.4, 0.5) is 18.9 Å². The summed E-state index contributed by atoms with van der Waals surface area (Å²) < 4.78 is 68.9. The Kier molecular flexibility index (Phi) is 7.84. The molecule has 1 unspecified atom stereocenters. The number of amides is 2. The summed E-state index contributed by atoms with van der Waals surface area (Å²) in [6.45, 7) is 6.23. The van der Waals surface area contributed by atoms with Gasteiger partial charge in [0.1, 0.15) is 0 Å². The third-order valence-corrected chi connectivity index (χ3v) is 8.90. The highest BCUT2D eigenvalue weighted by Gasteiger charge is 2.41. The molecule has 0 aromatic heterocycles. The molecular formula is C28H32F3N3O4S. The van der Waals surface area contributed by atoms with Gasteiger partial charge >= 0.3 is 6.18 Å². The third kappa shape index (κ3) is 6.29. The Labute approximate surface area is 226 Å². The molecule has 39 heavy (non-hydrogen) atoms. The van der Waals surface area contributed by atoms with Gasteiger partial charge < -0.3 is 10.2 Å². The molecule has 2 aromatic carbocycles. The zero-order valence-corrected chi connectivity index (χ0v) is 22.8. The molecule has 1 N–H and O–H groups in total. The highest BCUT2D eigenvalue weighted by molar-refractivity contribution is 7.92. The number of fused-ring (bicyclic) bond motifs is 3. The zero-order valence-electron chi connectivity index (χ0n) is 22.0. The predicted molar refractivity (Wildman–Crippen MR) is 142 cm³/mol. The number of hydrogen-bond acceptors (Lipinski definition) is 4. The Morgan fingerprint density at radius 1 is 1.03 bits per heavy atom. The van der Waals surface area contributed by atoms with Crippen LogP contribution >= 0.6 is 0 Å². The average Bonchev–Trinajstić information content (AvgIpc) is 3.19. The van der Waals surface area contributed by atoms with Gasteiger partial charge in [-0.15, -0.1) is 0 Å². The van der Waals surface area contributed by atoms with Gasteiger partial charge in [-0.25, -0.2) is 8.42 Å². The fourth-order valence-corrected chi connectivity index (χ4v) is 6.51. The lowest BCUT2D eigenvalue weighted by atomic mass is 9.90. The fourth-order valence-electron chi connectivity index (χ4n) is 5.06. The van der Waals surface area contributed by atoms with Crippen molar-refractivity contribution in [3.8, 4) is 0 Å². The number of alkyl halides is 3. The van der Waals surface area contributed by atoms with Crippen LogP contribution in [-0.2, 0) is 21.0 Å². The summed E-state index contributed by atoms with van der Waals surface area (Å²) in [5.41, 5.74) is -1.21. The molecule has 2 aliphatic rings. The summed E-state index contributed by atoms with van der Waals surface area (Å²) in [5.74, 6) is -1.00. The number of allylic oxidation sites excluding steroid dienone is 1. The van der Waals surface area contributed by atoms with Crippen LogP contribution < -0.4 is 9.62 Å². The van der Waals surface area contributed by atoms with Gasteiger partial charge in [0.15, 0.2) is 0 Å². The van der Waals surface area contributed by atoms with Crippen LogP contribution in [0.25, 0.3) is 0 Å². The lowest BCUT2D eigenvalue weighted by Gasteiger charge is -2.27. The number of carbonyl (C=O) groups excluding carboxylic acids is 2. The number of carbonyl (C=O) groups is 2. The van der Waals surface area contributed by atoms with Gasteiger partial charge in [-0.05, 0) is 54.7 Å². The number of halogens is 3. The second-order valence-corrected chi connectivity index (χ2v) is 12.8. The Morgan fingerprint density at radius 2 is 1.74 bits per heavy atom. The average molecular weight is 564 g/mol. The Bertz CT molecular complexity index is 1390. The molecule has 0 radical (unpaired) electrons. The van der Waals surface area contributed by atoms with E-state index in [1.807, 2.05) is 13.8 Å². The summed E-state index contributed by atoms with van der Waals surface area (Å²) in [6, 6.07) is 9.38. The van der Waals surface area contributed by atoms with E-state index in [4.69, 9.17) is 0 Å². The Hall–Kier alpha value is -3.34. The van der Waals surface area contributed by atoms with Gasteiger partial charge in [-0.3, -0.25) is 13.9 Å². The van der Waals surface area contributed by atoms with Gasteiger partial charge in [-0.2, -0.15) is 13.2 Å². The summed E-state index contributed by atoms with van der Waals surface area (Å²) in [4.78, 5) is 27.8. The second kappa shape index (κ2) is 10.7. The molecule has 2 aromatic rings. The lowest BCUT2D eigenvalue weighted by molar-refractivity contribution is -0.137. The molecule has 1 fully saturated rings. The molecule has 1 saturated heterocycles. The van der Waals surface area contributed by atoms with Crippen molar-refractivity contribution in [2.24, 2.45) is 11.3 Å². The minimum atomic E-state index is -4.66. The van der Waals surface area contributed by atoms with Crippen LogP contribution in [-0.4, -0.2) is 50.8 Å². The molecule has 0 aliphatic carbocycles. The van der Waals surface area contributed by atoms with Gasteiger partial charge in [0, 0.05) is 30.6 Å². The summed E-state index contributed by atoms with van der Waals surface area (Å²) >= 11 is 0. The topological polar surface area (TPSA) is 86.8 Å². The maximum Gasteiger partial charge on any atom is 0.416 e. The van der Waals surface area contributed by atoms with E-state index < -0.39 is 27.7 Å². The first-order valence-electron chi connectivity index (χ1n) is 12.7. The first kappa shape index (κ1) is 28.7. The monoisotopic (exact) mass is 563 g/mol. The summed E-state index contributed by atoms with van der Waals surface area (Å²) in [5, 5.41) is 2.94. The van der Waals surface area contributed by atoms with Crippen molar-refractivity contribution in [3.63, 3.8) is 0 Å². The molecule has 11 heteroatoms. The highest BCUT2D eigenvalue weighted by atomic mass is 32.2. The smallest absolute Gasteiger partial charge is 0.354 e. The van der Waals surface area contributed by atoms with Crippen molar-refractivity contribution in [1.82, 2.24) is 10.2 Å². The van der Waals surface area contributed by atoms with Crippen molar-refractivity contribution < 1.29 is 31.2 Å². The molecule has 2 bridgehead atoms. The number of hydrogen-bond donors (Lipinski definition) is 1. The van der Waals surface area contributed by atoms with Crippen LogP contribution in [0.3, 0.4) is 0 Å². The van der Waals surface area contributed by atoms with Gasteiger partial charge in [-0.1, -0.05) is 45.1 Å². The quantitative estimate of drug-likeness (QED) is 0.503. The SMILES string of the molecule is CC1C/C=C/CN(c2cccc(C(F)(F)F)c2)S(=O)(=O)c2cccc(c2)C(=O)N2CC(C)(C)C[C@H]2CNC1=O. The standard InChI is InChI=1S/C28H32F3N3O4S/c1-19-8-4-5-13-34(22-11-7-10-21(15-22)28(29,30)31)39(37,38)24-12-6-9-20(14-24)26(36)33-18-27(2,3)16-23(33)17-32-25(19)35/h4-7,9-12,14-15,19,23H,8,13,16-18H2,1-3H3,(H,32,35)/b5-4+/t19?,23-/m0/s1. The molecule has 2 amide bonds. The fraction of sp³-hybridized carbons (Fsp3) is 0.429. The molecule has 2 aliphatic heterocycles. The number of benzene rings is 2. The van der Waals surface area contributed by atoms with Crippen molar-refractivity contribution in [2.75, 3.05) is 23.9 Å². The van der Waals surface area contributed by atoms with E-state index >= 15 is 0 Å². The van der Waals surface area contributed by atoms with Crippen molar-refractivity contribution >= 4 is 27.5 Å². The van der Waals surface area contributed by atoms with E-state index in [-0.39, 0.29) is 52.5 Å². The van der Waals surface area contributed by atoms with E-state index in [9.17, 15) is 31.2 Å². The number of nitrogens with zero attached hydrogens (tertiary/aromatic N) is 2. The molecule has 7 nitrogen and oxygen atoms in total. The van der Waals surface area contributed by atoms with Crippen LogP contribution in [0.5, 0.6) is 0 Å². The molecule has 2 atom stereocenters. The predicted octanol–water partition coefficient (Wildman–Crippen LogP) is 4.85. The van der Waals surface area contributed by atoms with Gasteiger partial charge in [0.05, 0.1) is 22.7 Å². The summed E-state index contributed by atoms with van der Waals surface area (Å²) in [7, 11) is -4.37. The molecular weight excluding hydrogens is 531 g/mol.